The van der Waals surface area contributed by atoms with E-state index in [1.165, 1.54) is 11.3 Å². The number of anilines is 1. The van der Waals surface area contributed by atoms with Crippen molar-refractivity contribution in [3.8, 4) is 17.0 Å². The lowest BCUT2D eigenvalue weighted by molar-refractivity contribution is 0.102. The van der Waals surface area contributed by atoms with E-state index in [1.807, 2.05) is 56.6 Å². The van der Waals surface area contributed by atoms with Crippen LogP contribution in [0.4, 0.5) is 5.13 Å². The molecule has 0 aliphatic rings. The minimum atomic E-state index is -0.231. The molecule has 0 aliphatic carbocycles. The van der Waals surface area contributed by atoms with E-state index in [0.29, 0.717) is 16.4 Å². The molecular formula is C20H19N5O2S. The fraction of sp³-hybridized carbons (Fsp3) is 0.200. The topological polar surface area (TPSA) is 81.9 Å². The summed E-state index contributed by atoms with van der Waals surface area (Å²) in [5.74, 6) is 0.558. The van der Waals surface area contributed by atoms with E-state index >= 15 is 0 Å². The molecule has 3 heterocycles. The molecule has 1 aromatic carbocycles. The summed E-state index contributed by atoms with van der Waals surface area (Å²) in [6, 6.07) is 9.48. The lowest BCUT2D eigenvalue weighted by Crippen LogP contribution is -2.14. The smallest absolute Gasteiger partial charge is 0.259 e. The molecule has 3 aromatic heterocycles. The van der Waals surface area contributed by atoms with Gasteiger partial charge in [0.2, 0.25) is 0 Å². The van der Waals surface area contributed by atoms with E-state index < -0.39 is 0 Å². The van der Waals surface area contributed by atoms with Gasteiger partial charge in [0.15, 0.2) is 10.8 Å². The summed E-state index contributed by atoms with van der Waals surface area (Å²) in [6.07, 6.45) is 0. The van der Waals surface area contributed by atoms with Gasteiger partial charge in [-0.05, 0) is 44.2 Å². The summed E-state index contributed by atoms with van der Waals surface area (Å²) < 4.78 is 6.90. The molecule has 0 saturated heterocycles. The first-order valence-electron chi connectivity index (χ1n) is 8.68. The average molecular weight is 393 g/mol. The van der Waals surface area contributed by atoms with E-state index in [4.69, 9.17) is 4.74 Å². The first kappa shape index (κ1) is 18.1. The second kappa shape index (κ2) is 7.05. The molecular weight excluding hydrogens is 374 g/mol. The Hall–Kier alpha value is -3.26. The predicted octanol–water partition coefficient (Wildman–Crippen LogP) is 3.97. The van der Waals surface area contributed by atoms with Gasteiger partial charge < -0.3 is 4.74 Å². The third-order valence-corrected chi connectivity index (χ3v) is 5.30. The van der Waals surface area contributed by atoms with E-state index in [-0.39, 0.29) is 5.91 Å². The lowest BCUT2D eigenvalue weighted by Gasteiger charge is -2.06. The molecule has 0 spiro atoms. The van der Waals surface area contributed by atoms with Crippen molar-refractivity contribution in [3.05, 3.63) is 52.7 Å². The van der Waals surface area contributed by atoms with Crippen molar-refractivity contribution in [2.24, 2.45) is 7.05 Å². The minimum Gasteiger partial charge on any atom is -0.497 e. The largest absolute Gasteiger partial charge is 0.497 e. The summed E-state index contributed by atoms with van der Waals surface area (Å²) in [5.41, 5.74) is 4.54. The number of carbonyl (C=O) groups excluding carboxylic acids is 1. The molecule has 0 saturated carbocycles. The molecule has 8 heteroatoms. The zero-order valence-electron chi connectivity index (χ0n) is 16.0. The van der Waals surface area contributed by atoms with Gasteiger partial charge in [-0.25, -0.2) is 9.97 Å². The highest BCUT2D eigenvalue weighted by molar-refractivity contribution is 7.14. The maximum atomic E-state index is 12.8. The molecule has 0 fully saturated rings. The molecule has 0 atom stereocenters. The van der Waals surface area contributed by atoms with Gasteiger partial charge in [-0.2, -0.15) is 5.10 Å². The van der Waals surface area contributed by atoms with Gasteiger partial charge in [0.25, 0.3) is 5.91 Å². The number of thiazole rings is 1. The number of carbonyl (C=O) groups is 1. The van der Waals surface area contributed by atoms with Crippen LogP contribution in [0, 0.1) is 13.8 Å². The van der Waals surface area contributed by atoms with Gasteiger partial charge >= 0.3 is 0 Å². The highest BCUT2D eigenvalue weighted by Crippen LogP contribution is 2.27. The van der Waals surface area contributed by atoms with Gasteiger partial charge in [-0.15, -0.1) is 11.3 Å². The SMILES string of the molecule is COc1ccc(-c2csc(NC(=O)c3cc4c(C)nn(C)c4nc3C)n2)cc1. The molecule has 0 aliphatic heterocycles. The summed E-state index contributed by atoms with van der Waals surface area (Å²) in [6.45, 7) is 3.73. The normalized spacial score (nSPS) is 11.0. The monoisotopic (exact) mass is 393 g/mol. The molecule has 142 valence electrons. The van der Waals surface area contributed by atoms with E-state index in [2.05, 4.69) is 20.4 Å². The van der Waals surface area contributed by atoms with E-state index in [9.17, 15) is 4.79 Å². The zero-order valence-corrected chi connectivity index (χ0v) is 16.8. The second-order valence-corrected chi connectivity index (χ2v) is 7.28. The zero-order chi connectivity index (χ0) is 19.8. The third-order valence-electron chi connectivity index (χ3n) is 4.54. The van der Waals surface area contributed by atoms with Crippen molar-refractivity contribution >= 4 is 33.4 Å². The van der Waals surface area contributed by atoms with Gasteiger partial charge in [0.05, 0.1) is 29.8 Å². The molecule has 0 bridgehead atoms. The number of pyridine rings is 1. The Kier molecular flexibility index (Phi) is 4.56. The first-order chi connectivity index (χ1) is 13.5. The lowest BCUT2D eigenvalue weighted by atomic mass is 10.1. The average Bonchev–Trinajstić information content (AvgIpc) is 3.26. The number of methoxy groups -OCH3 is 1. The van der Waals surface area contributed by atoms with Crippen LogP contribution in [0.5, 0.6) is 5.75 Å². The number of ether oxygens (including phenoxy) is 1. The number of benzene rings is 1. The minimum absolute atomic E-state index is 0.231. The maximum absolute atomic E-state index is 12.8. The van der Waals surface area contributed by atoms with Crippen molar-refractivity contribution in [2.45, 2.75) is 13.8 Å². The Morgan fingerprint density at radius 3 is 2.61 bits per heavy atom. The van der Waals surface area contributed by atoms with Crippen LogP contribution >= 0.6 is 11.3 Å². The van der Waals surface area contributed by atoms with Gasteiger partial charge in [0, 0.05) is 23.4 Å². The fourth-order valence-electron chi connectivity index (χ4n) is 3.05. The third kappa shape index (κ3) is 3.22. The van der Waals surface area contributed by atoms with E-state index in [0.717, 1.165) is 33.7 Å². The van der Waals surface area contributed by atoms with Crippen LogP contribution in [0.1, 0.15) is 21.7 Å². The molecule has 0 unspecified atom stereocenters. The summed E-state index contributed by atoms with van der Waals surface area (Å²) in [7, 11) is 3.48. The molecule has 7 nitrogen and oxygen atoms in total. The van der Waals surface area contributed by atoms with Crippen LogP contribution in [0.3, 0.4) is 0 Å². The Balaban J connectivity index is 1.59. The Bertz CT molecular complexity index is 1180. The number of hydrogen-bond donors (Lipinski definition) is 1. The van der Waals surface area contributed by atoms with Crippen LogP contribution < -0.4 is 10.1 Å². The van der Waals surface area contributed by atoms with Crippen molar-refractivity contribution in [1.82, 2.24) is 19.7 Å². The van der Waals surface area contributed by atoms with Crippen LogP contribution in [0.2, 0.25) is 0 Å². The molecule has 1 amide bonds. The van der Waals surface area contributed by atoms with E-state index in [1.54, 1.807) is 11.8 Å². The number of fused-ring (bicyclic) bond motifs is 1. The van der Waals surface area contributed by atoms with Gasteiger partial charge in [-0.3, -0.25) is 14.8 Å². The number of hydrogen-bond acceptors (Lipinski definition) is 6. The molecule has 1 N–H and O–H groups in total. The molecule has 0 radical (unpaired) electrons. The van der Waals surface area contributed by atoms with Crippen molar-refractivity contribution < 1.29 is 9.53 Å². The van der Waals surface area contributed by atoms with Gasteiger partial charge in [-0.1, -0.05) is 0 Å². The fourth-order valence-corrected chi connectivity index (χ4v) is 3.77. The number of nitrogens with one attached hydrogen (secondary N) is 1. The Morgan fingerprint density at radius 2 is 1.89 bits per heavy atom. The second-order valence-electron chi connectivity index (χ2n) is 6.42. The van der Waals surface area contributed by atoms with Crippen molar-refractivity contribution in [3.63, 3.8) is 0 Å². The quantitative estimate of drug-likeness (QED) is 0.567. The summed E-state index contributed by atoms with van der Waals surface area (Å²) in [4.78, 5) is 21.9. The summed E-state index contributed by atoms with van der Waals surface area (Å²) in [5, 5.41) is 10.6. The highest BCUT2D eigenvalue weighted by atomic mass is 32.1. The molecule has 4 rings (SSSR count). The Labute approximate surface area is 166 Å². The maximum Gasteiger partial charge on any atom is 0.259 e. The van der Waals surface area contributed by atoms with Crippen molar-refractivity contribution in [1.29, 1.82) is 0 Å². The standard InChI is InChI=1S/C20H19N5O2S/c1-11-16(9-15-12(2)24-25(3)18(15)21-11)19(26)23-20-22-17(10-28-20)13-5-7-14(27-4)8-6-13/h5-10H,1-4H3,(H,22,23,26). The van der Waals surface area contributed by atoms with Crippen LogP contribution in [0.15, 0.2) is 35.7 Å². The van der Waals surface area contributed by atoms with Gasteiger partial charge in [0.1, 0.15) is 5.75 Å². The number of nitrogens with zero attached hydrogens (tertiary/aromatic N) is 4. The number of aryl methyl sites for hydroxylation is 3. The molecule has 4 aromatic rings. The number of rotatable bonds is 4. The molecule has 28 heavy (non-hydrogen) atoms. The number of aromatic nitrogens is 4. The highest BCUT2D eigenvalue weighted by Gasteiger charge is 2.17. The number of amides is 1. The van der Waals surface area contributed by atoms with Crippen LogP contribution in [-0.2, 0) is 7.05 Å². The summed E-state index contributed by atoms with van der Waals surface area (Å²) >= 11 is 1.38. The first-order valence-corrected chi connectivity index (χ1v) is 9.56. The van der Waals surface area contributed by atoms with Crippen molar-refractivity contribution in [2.75, 3.05) is 12.4 Å². The Morgan fingerprint density at radius 1 is 1.14 bits per heavy atom. The predicted molar refractivity (Wildman–Crippen MR) is 110 cm³/mol. The van der Waals surface area contributed by atoms with Crippen LogP contribution in [0.25, 0.3) is 22.3 Å². The van der Waals surface area contributed by atoms with Crippen LogP contribution in [-0.4, -0.2) is 32.8 Å².